The first-order valence-electron chi connectivity index (χ1n) is 6.31. The van der Waals surface area contributed by atoms with Crippen molar-refractivity contribution in [3.05, 3.63) is 65.8 Å². The highest BCUT2D eigenvalue weighted by Crippen LogP contribution is 2.30. The van der Waals surface area contributed by atoms with Crippen LogP contribution in [0.4, 0.5) is 0 Å². The summed E-state index contributed by atoms with van der Waals surface area (Å²) in [6, 6.07) is 9.91. The molecular weight excluding hydrogens is 308 g/mol. The zero-order valence-electron chi connectivity index (χ0n) is 11.2. The van der Waals surface area contributed by atoms with Crippen molar-refractivity contribution in [2.24, 2.45) is 0 Å². The van der Waals surface area contributed by atoms with E-state index >= 15 is 0 Å². The van der Waals surface area contributed by atoms with Crippen LogP contribution in [0.2, 0.25) is 5.02 Å². The summed E-state index contributed by atoms with van der Waals surface area (Å²) >= 11 is 6.18. The van der Waals surface area contributed by atoms with Gasteiger partial charge in [-0.3, -0.25) is 0 Å². The lowest BCUT2D eigenvalue weighted by atomic mass is 10.2. The summed E-state index contributed by atoms with van der Waals surface area (Å²) in [4.78, 5) is 4.40. The molecule has 0 saturated carbocycles. The fourth-order valence-electron chi connectivity index (χ4n) is 2.22. The Kier molecular flexibility index (Phi) is 3.47. The van der Waals surface area contributed by atoms with Crippen molar-refractivity contribution in [2.45, 2.75) is 11.8 Å². The molecule has 1 radical (unpaired) electrons. The standard InChI is InChI=1S/C15H12ClN2O2S/c1-2-11-10-18(15-14(11)13(16)8-9-17-15)21(19,20)12-6-4-3-5-7-12/h2-10H,1H3. The van der Waals surface area contributed by atoms with Crippen LogP contribution in [0.3, 0.4) is 0 Å². The molecule has 0 amide bonds. The average molecular weight is 320 g/mol. The van der Waals surface area contributed by atoms with Crippen LogP contribution < -0.4 is 0 Å². The molecule has 0 aliphatic carbocycles. The SMILES string of the molecule is C[CH]c1cn(S(=O)(=O)c2ccccc2)c2nccc(Cl)c12. The fraction of sp³-hybridized carbons (Fsp3) is 0.0667. The molecule has 2 heterocycles. The first-order chi connectivity index (χ1) is 10.1. The third-order valence-corrected chi connectivity index (χ3v) is 5.22. The quantitative estimate of drug-likeness (QED) is 0.742. The van der Waals surface area contributed by atoms with E-state index in [1.165, 1.54) is 10.2 Å². The second-order valence-corrected chi connectivity index (χ2v) is 6.70. The fourth-order valence-corrected chi connectivity index (χ4v) is 3.82. The van der Waals surface area contributed by atoms with Crippen LogP contribution in [0.1, 0.15) is 12.5 Å². The van der Waals surface area contributed by atoms with Crippen molar-refractivity contribution >= 4 is 32.7 Å². The molecule has 0 unspecified atom stereocenters. The smallest absolute Gasteiger partial charge is 0.237 e. The maximum atomic E-state index is 12.8. The summed E-state index contributed by atoms with van der Waals surface area (Å²) in [6.45, 7) is 1.83. The van der Waals surface area contributed by atoms with Gasteiger partial charge in [-0.25, -0.2) is 17.4 Å². The zero-order chi connectivity index (χ0) is 15.0. The minimum absolute atomic E-state index is 0.214. The number of rotatable bonds is 3. The van der Waals surface area contributed by atoms with Crippen LogP contribution in [0.15, 0.2) is 53.7 Å². The van der Waals surface area contributed by atoms with E-state index in [0.717, 1.165) is 5.56 Å². The van der Waals surface area contributed by atoms with E-state index in [1.807, 2.05) is 13.3 Å². The lowest BCUT2D eigenvalue weighted by molar-refractivity contribution is 0.588. The van der Waals surface area contributed by atoms with Crippen LogP contribution in [-0.2, 0) is 10.0 Å². The molecule has 3 aromatic rings. The summed E-state index contributed by atoms with van der Waals surface area (Å²) in [7, 11) is -3.70. The molecule has 0 fully saturated rings. The summed E-state index contributed by atoms with van der Waals surface area (Å²) < 4.78 is 26.7. The summed E-state index contributed by atoms with van der Waals surface area (Å²) in [5.74, 6) is 0. The normalized spacial score (nSPS) is 11.9. The number of halogens is 1. The maximum absolute atomic E-state index is 12.8. The Labute approximate surface area is 128 Å². The number of hydrogen-bond acceptors (Lipinski definition) is 3. The van der Waals surface area contributed by atoms with Gasteiger partial charge >= 0.3 is 0 Å². The van der Waals surface area contributed by atoms with Gasteiger partial charge in [0.15, 0.2) is 5.65 Å². The predicted octanol–water partition coefficient (Wildman–Crippen LogP) is 3.50. The lowest BCUT2D eigenvalue weighted by Gasteiger charge is -2.06. The molecule has 0 spiro atoms. The Morgan fingerprint density at radius 3 is 2.57 bits per heavy atom. The van der Waals surface area contributed by atoms with E-state index in [4.69, 9.17) is 11.6 Å². The number of hydrogen-bond donors (Lipinski definition) is 0. The third-order valence-electron chi connectivity index (χ3n) is 3.24. The number of benzene rings is 1. The molecule has 3 rings (SSSR count). The van der Waals surface area contributed by atoms with Crippen molar-refractivity contribution in [2.75, 3.05) is 0 Å². The van der Waals surface area contributed by atoms with Gasteiger partial charge in [0, 0.05) is 17.8 Å². The Morgan fingerprint density at radius 2 is 1.90 bits per heavy atom. The molecule has 1 aromatic carbocycles. The minimum atomic E-state index is -3.70. The van der Waals surface area contributed by atoms with Crippen molar-refractivity contribution < 1.29 is 8.42 Å². The molecule has 0 bridgehead atoms. The summed E-state index contributed by atoms with van der Waals surface area (Å²) in [6.07, 6.45) is 4.86. The molecule has 0 atom stereocenters. The molecule has 0 aliphatic heterocycles. The highest BCUT2D eigenvalue weighted by Gasteiger charge is 2.22. The largest absolute Gasteiger partial charge is 0.269 e. The molecular formula is C15H12ClN2O2S. The summed E-state index contributed by atoms with van der Waals surface area (Å²) in [5.41, 5.74) is 1.07. The topological polar surface area (TPSA) is 52.0 Å². The average Bonchev–Trinajstić information content (AvgIpc) is 2.89. The monoisotopic (exact) mass is 319 g/mol. The molecule has 6 heteroatoms. The first-order valence-corrected chi connectivity index (χ1v) is 8.13. The molecule has 0 aliphatic rings. The van der Waals surface area contributed by atoms with Crippen molar-refractivity contribution in [3.63, 3.8) is 0 Å². The molecule has 4 nitrogen and oxygen atoms in total. The van der Waals surface area contributed by atoms with Crippen LogP contribution in [0.25, 0.3) is 11.0 Å². The zero-order valence-corrected chi connectivity index (χ0v) is 12.8. The number of fused-ring (bicyclic) bond motifs is 1. The summed E-state index contributed by atoms with van der Waals surface area (Å²) in [5, 5.41) is 1.12. The van der Waals surface area contributed by atoms with Crippen LogP contribution in [-0.4, -0.2) is 17.4 Å². The molecule has 0 N–H and O–H groups in total. The van der Waals surface area contributed by atoms with E-state index in [2.05, 4.69) is 4.98 Å². The number of nitrogens with zero attached hydrogens (tertiary/aromatic N) is 2. The van der Waals surface area contributed by atoms with Crippen LogP contribution in [0, 0.1) is 6.42 Å². The van der Waals surface area contributed by atoms with Gasteiger partial charge in [0.1, 0.15) is 0 Å². The van der Waals surface area contributed by atoms with Gasteiger partial charge in [-0.2, -0.15) is 0 Å². The van der Waals surface area contributed by atoms with Gasteiger partial charge in [-0.15, -0.1) is 0 Å². The Hall–Kier alpha value is -1.85. The maximum Gasteiger partial charge on any atom is 0.269 e. The van der Waals surface area contributed by atoms with Gasteiger partial charge in [0.25, 0.3) is 10.0 Å². The number of aromatic nitrogens is 2. The van der Waals surface area contributed by atoms with Crippen molar-refractivity contribution in [1.82, 2.24) is 8.96 Å². The molecule has 0 saturated heterocycles. The second-order valence-electron chi connectivity index (χ2n) is 4.48. The van der Waals surface area contributed by atoms with E-state index in [-0.39, 0.29) is 4.90 Å². The van der Waals surface area contributed by atoms with Crippen LogP contribution in [0.5, 0.6) is 0 Å². The van der Waals surface area contributed by atoms with Crippen molar-refractivity contribution in [1.29, 1.82) is 0 Å². The van der Waals surface area contributed by atoms with E-state index in [1.54, 1.807) is 42.6 Å². The third kappa shape index (κ3) is 2.22. The molecule has 21 heavy (non-hydrogen) atoms. The van der Waals surface area contributed by atoms with Gasteiger partial charge in [0.2, 0.25) is 0 Å². The predicted molar refractivity (Wildman–Crippen MR) is 82.8 cm³/mol. The highest BCUT2D eigenvalue weighted by molar-refractivity contribution is 7.90. The number of pyridine rings is 1. The van der Waals surface area contributed by atoms with Crippen LogP contribution >= 0.6 is 11.6 Å². The van der Waals surface area contributed by atoms with Gasteiger partial charge in [-0.1, -0.05) is 36.7 Å². The minimum Gasteiger partial charge on any atom is -0.237 e. The Morgan fingerprint density at radius 1 is 1.19 bits per heavy atom. The van der Waals surface area contributed by atoms with E-state index in [9.17, 15) is 8.42 Å². The Balaban J connectivity index is 2.34. The van der Waals surface area contributed by atoms with E-state index < -0.39 is 10.0 Å². The Bertz CT molecular complexity index is 902. The van der Waals surface area contributed by atoms with E-state index in [0.29, 0.717) is 16.1 Å². The van der Waals surface area contributed by atoms with Gasteiger partial charge in [-0.05, 0) is 30.2 Å². The lowest BCUT2D eigenvalue weighted by Crippen LogP contribution is -2.12. The highest BCUT2D eigenvalue weighted by atomic mass is 35.5. The van der Waals surface area contributed by atoms with Gasteiger partial charge < -0.3 is 0 Å². The first kappa shape index (κ1) is 14.1. The van der Waals surface area contributed by atoms with Gasteiger partial charge in [0.05, 0.1) is 9.92 Å². The second kappa shape index (κ2) is 5.16. The molecule has 107 valence electrons. The van der Waals surface area contributed by atoms with Crippen molar-refractivity contribution in [3.8, 4) is 0 Å². The molecule has 2 aromatic heterocycles.